The molecule has 0 bridgehead atoms. The van der Waals surface area contributed by atoms with Gasteiger partial charge in [-0.2, -0.15) is 4.98 Å². The van der Waals surface area contributed by atoms with Crippen LogP contribution in [-0.2, 0) is 17.8 Å². The van der Waals surface area contributed by atoms with E-state index >= 15 is 0 Å². The van der Waals surface area contributed by atoms with Crippen LogP contribution in [0.4, 0.5) is 0 Å². The molecule has 5 nitrogen and oxygen atoms in total. The number of amides is 1. The Morgan fingerprint density at radius 1 is 1.19 bits per heavy atom. The molecule has 2 heterocycles. The Labute approximate surface area is 163 Å². The molecule has 0 N–H and O–H groups in total. The number of aromatic nitrogens is 2. The van der Waals surface area contributed by atoms with E-state index in [2.05, 4.69) is 29.2 Å². The minimum absolute atomic E-state index is 0.0518. The molecule has 0 saturated carbocycles. The highest BCUT2D eigenvalue weighted by atomic mass is 35.5. The van der Waals surface area contributed by atoms with Crippen LogP contribution in [0, 0.1) is 0 Å². The topological polar surface area (TPSA) is 59.2 Å². The first-order valence-electron chi connectivity index (χ1n) is 9.07. The van der Waals surface area contributed by atoms with E-state index in [0.717, 1.165) is 17.5 Å². The molecule has 1 saturated heterocycles. The molecule has 1 aliphatic rings. The highest BCUT2D eigenvalue weighted by Gasteiger charge is 2.33. The summed E-state index contributed by atoms with van der Waals surface area (Å²) in [6.07, 6.45) is 1.39. The second-order valence-corrected chi connectivity index (χ2v) is 7.25. The number of aryl methyl sites for hydroxylation is 1. The molecule has 3 aromatic rings. The molecule has 0 radical (unpaired) electrons. The molecule has 27 heavy (non-hydrogen) atoms. The lowest BCUT2D eigenvalue weighted by atomic mass is 10.1. The average Bonchev–Trinajstić information content (AvgIpc) is 3.29. The van der Waals surface area contributed by atoms with Crippen LogP contribution in [0.2, 0.25) is 5.02 Å². The van der Waals surface area contributed by atoms with Gasteiger partial charge >= 0.3 is 0 Å². The zero-order chi connectivity index (χ0) is 18.8. The maximum atomic E-state index is 12.4. The van der Waals surface area contributed by atoms with Crippen molar-refractivity contribution in [1.82, 2.24) is 15.0 Å². The lowest BCUT2D eigenvalue weighted by molar-refractivity contribution is -0.128. The van der Waals surface area contributed by atoms with Gasteiger partial charge in [0.05, 0.1) is 0 Å². The van der Waals surface area contributed by atoms with Gasteiger partial charge in [-0.3, -0.25) is 4.79 Å². The van der Waals surface area contributed by atoms with Crippen molar-refractivity contribution in [3.63, 3.8) is 0 Å². The summed E-state index contributed by atoms with van der Waals surface area (Å²) in [5, 5.41) is 4.79. The van der Waals surface area contributed by atoms with Crippen molar-refractivity contribution >= 4 is 17.5 Å². The molecular weight excluding hydrogens is 362 g/mol. The third kappa shape index (κ3) is 3.88. The number of rotatable bonds is 5. The minimum atomic E-state index is -0.0518. The molecule has 138 valence electrons. The minimum Gasteiger partial charge on any atom is -0.338 e. The van der Waals surface area contributed by atoms with Crippen molar-refractivity contribution in [2.45, 2.75) is 32.2 Å². The van der Waals surface area contributed by atoms with Gasteiger partial charge in [0, 0.05) is 36.0 Å². The highest BCUT2D eigenvalue weighted by molar-refractivity contribution is 6.30. The predicted molar refractivity (Wildman–Crippen MR) is 103 cm³/mol. The molecule has 0 aliphatic carbocycles. The van der Waals surface area contributed by atoms with Gasteiger partial charge in [-0.25, -0.2) is 0 Å². The number of hydrogen-bond acceptors (Lipinski definition) is 4. The number of benzene rings is 2. The number of hydrogen-bond donors (Lipinski definition) is 0. The molecule has 2 aromatic carbocycles. The van der Waals surface area contributed by atoms with Crippen LogP contribution in [0.1, 0.15) is 36.2 Å². The predicted octanol–water partition coefficient (Wildman–Crippen LogP) is 4.47. The molecule has 6 heteroatoms. The second-order valence-electron chi connectivity index (χ2n) is 6.81. The zero-order valence-electron chi connectivity index (χ0n) is 15.1. The maximum Gasteiger partial charge on any atom is 0.257 e. The van der Waals surface area contributed by atoms with E-state index in [-0.39, 0.29) is 11.8 Å². The van der Waals surface area contributed by atoms with Crippen molar-refractivity contribution in [2.24, 2.45) is 0 Å². The van der Waals surface area contributed by atoms with Gasteiger partial charge in [-0.15, -0.1) is 0 Å². The smallest absolute Gasteiger partial charge is 0.257 e. The quantitative estimate of drug-likeness (QED) is 0.654. The third-order valence-corrected chi connectivity index (χ3v) is 5.13. The SMILES string of the molecule is CCc1ccc(-c2nc(C3CC(=O)N(Cc4cccc(Cl)c4)C3)no2)cc1. The molecule has 1 aromatic heterocycles. The molecule has 1 amide bonds. The van der Waals surface area contributed by atoms with Crippen molar-refractivity contribution < 1.29 is 9.32 Å². The van der Waals surface area contributed by atoms with Crippen LogP contribution in [0.25, 0.3) is 11.5 Å². The van der Waals surface area contributed by atoms with Crippen LogP contribution < -0.4 is 0 Å². The maximum absolute atomic E-state index is 12.4. The Morgan fingerprint density at radius 3 is 2.74 bits per heavy atom. The van der Waals surface area contributed by atoms with Crippen molar-refractivity contribution in [2.75, 3.05) is 6.54 Å². The van der Waals surface area contributed by atoms with Crippen molar-refractivity contribution in [1.29, 1.82) is 0 Å². The molecule has 1 atom stereocenters. The van der Waals surface area contributed by atoms with Gasteiger partial charge in [-0.1, -0.05) is 47.9 Å². The largest absolute Gasteiger partial charge is 0.338 e. The summed E-state index contributed by atoms with van der Waals surface area (Å²) >= 11 is 6.04. The fraction of sp³-hybridized carbons (Fsp3) is 0.286. The Balaban J connectivity index is 1.46. The van der Waals surface area contributed by atoms with E-state index in [1.807, 2.05) is 41.3 Å². The molecule has 1 fully saturated rings. The highest BCUT2D eigenvalue weighted by Crippen LogP contribution is 2.29. The molecule has 0 spiro atoms. The van der Waals surface area contributed by atoms with Crippen LogP contribution in [-0.4, -0.2) is 27.5 Å². The summed E-state index contributed by atoms with van der Waals surface area (Å²) in [7, 11) is 0. The molecule has 4 rings (SSSR count). The lowest BCUT2D eigenvalue weighted by Gasteiger charge is -2.16. The monoisotopic (exact) mass is 381 g/mol. The summed E-state index contributed by atoms with van der Waals surface area (Å²) in [6, 6.07) is 15.7. The van der Waals surface area contributed by atoms with Crippen molar-refractivity contribution in [3.05, 3.63) is 70.5 Å². The van der Waals surface area contributed by atoms with Gasteiger partial charge in [-0.05, 0) is 41.8 Å². The average molecular weight is 382 g/mol. The van der Waals surface area contributed by atoms with Crippen molar-refractivity contribution in [3.8, 4) is 11.5 Å². The molecular formula is C21H20ClN3O2. The summed E-state index contributed by atoms with van der Waals surface area (Å²) < 4.78 is 5.43. The summed E-state index contributed by atoms with van der Waals surface area (Å²) in [4.78, 5) is 18.8. The van der Waals surface area contributed by atoms with E-state index < -0.39 is 0 Å². The van der Waals surface area contributed by atoms with Gasteiger partial charge < -0.3 is 9.42 Å². The Bertz CT molecular complexity index is 952. The standard InChI is InChI=1S/C21H20ClN3O2/c1-2-14-6-8-16(9-7-14)21-23-20(24-27-21)17-11-19(26)25(13-17)12-15-4-3-5-18(22)10-15/h3-10,17H,2,11-13H2,1H3. The number of likely N-dealkylation sites (tertiary alicyclic amines) is 1. The fourth-order valence-electron chi connectivity index (χ4n) is 3.35. The first kappa shape index (κ1) is 17.7. The number of halogens is 1. The van der Waals surface area contributed by atoms with Crippen LogP contribution in [0.5, 0.6) is 0 Å². The van der Waals surface area contributed by atoms with Gasteiger partial charge in [0.2, 0.25) is 5.91 Å². The Hall–Kier alpha value is -2.66. The van der Waals surface area contributed by atoms with E-state index in [4.69, 9.17) is 16.1 Å². The van der Waals surface area contributed by atoms with E-state index in [1.54, 1.807) is 0 Å². The number of carbonyl (C=O) groups excluding carboxylic acids is 1. The summed E-state index contributed by atoms with van der Waals surface area (Å²) in [5.74, 6) is 1.13. The summed E-state index contributed by atoms with van der Waals surface area (Å²) in [5.41, 5.74) is 3.17. The third-order valence-electron chi connectivity index (χ3n) is 4.89. The zero-order valence-corrected chi connectivity index (χ0v) is 15.8. The first-order chi connectivity index (χ1) is 13.1. The van der Waals surface area contributed by atoms with Gasteiger partial charge in [0.15, 0.2) is 5.82 Å². The van der Waals surface area contributed by atoms with E-state index in [1.165, 1.54) is 5.56 Å². The number of carbonyl (C=O) groups is 1. The molecule has 1 aliphatic heterocycles. The lowest BCUT2D eigenvalue weighted by Crippen LogP contribution is -2.24. The van der Waals surface area contributed by atoms with Gasteiger partial charge in [0.1, 0.15) is 0 Å². The summed E-state index contributed by atoms with van der Waals surface area (Å²) in [6.45, 7) is 3.24. The Morgan fingerprint density at radius 2 is 2.00 bits per heavy atom. The van der Waals surface area contributed by atoms with Crippen LogP contribution in [0.15, 0.2) is 53.1 Å². The second kappa shape index (κ2) is 7.53. The van der Waals surface area contributed by atoms with Gasteiger partial charge in [0.25, 0.3) is 5.89 Å². The van der Waals surface area contributed by atoms with Crippen LogP contribution >= 0.6 is 11.6 Å². The number of nitrogens with zero attached hydrogens (tertiary/aromatic N) is 3. The first-order valence-corrected chi connectivity index (χ1v) is 9.45. The Kier molecular flexibility index (Phi) is 4.94. The normalized spacial score (nSPS) is 16.9. The molecule has 1 unspecified atom stereocenters. The van der Waals surface area contributed by atoms with E-state index in [9.17, 15) is 4.79 Å². The van der Waals surface area contributed by atoms with E-state index in [0.29, 0.717) is 36.2 Å². The van der Waals surface area contributed by atoms with Crippen LogP contribution in [0.3, 0.4) is 0 Å². The fourth-order valence-corrected chi connectivity index (χ4v) is 3.57.